The van der Waals surface area contributed by atoms with Gasteiger partial charge in [-0.1, -0.05) is 18.2 Å². The number of fused-ring (bicyclic) bond motifs is 1. The molecule has 0 saturated heterocycles. The predicted octanol–water partition coefficient (Wildman–Crippen LogP) is 2.28. The maximum atomic E-state index is 12.2. The Morgan fingerprint density at radius 3 is 2.46 bits per heavy atom. The first-order chi connectivity index (χ1) is 13.3. The Labute approximate surface area is 163 Å². The molecule has 8 heteroatoms. The summed E-state index contributed by atoms with van der Waals surface area (Å²) in [6.07, 6.45) is 2.77. The van der Waals surface area contributed by atoms with Crippen LogP contribution in [0.5, 0.6) is 5.75 Å². The van der Waals surface area contributed by atoms with Crippen LogP contribution in [0.15, 0.2) is 54.1 Å². The number of anilines is 1. The van der Waals surface area contributed by atoms with E-state index in [1.54, 1.807) is 6.08 Å². The van der Waals surface area contributed by atoms with Gasteiger partial charge >= 0.3 is 5.97 Å². The van der Waals surface area contributed by atoms with Crippen LogP contribution in [-0.4, -0.2) is 46.7 Å². The summed E-state index contributed by atoms with van der Waals surface area (Å²) in [6.45, 7) is -0.338. The molecule has 0 bridgehead atoms. The smallest absolute Gasteiger partial charge is 0.337 e. The second kappa shape index (κ2) is 7.85. The van der Waals surface area contributed by atoms with Gasteiger partial charge in [0, 0.05) is 18.2 Å². The van der Waals surface area contributed by atoms with Gasteiger partial charge in [0.1, 0.15) is 12.4 Å². The van der Waals surface area contributed by atoms with E-state index in [9.17, 15) is 18.0 Å². The Morgan fingerprint density at radius 2 is 1.79 bits per heavy atom. The average Bonchev–Trinajstić information content (AvgIpc) is 2.70. The van der Waals surface area contributed by atoms with Crippen LogP contribution in [0.4, 0.5) is 5.69 Å². The molecule has 0 amide bonds. The lowest BCUT2D eigenvalue weighted by Crippen LogP contribution is -2.24. The minimum atomic E-state index is -3.38. The van der Waals surface area contributed by atoms with Crippen molar-refractivity contribution in [1.82, 2.24) is 0 Å². The molecule has 146 valence electrons. The van der Waals surface area contributed by atoms with Gasteiger partial charge in [-0.3, -0.25) is 9.10 Å². The predicted molar refractivity (Wildman–Crippen MR) is 105 cm³/mol. The molecule has 0 atom stereocenters. The van der Waals surface area contributed by atoms with Gasteiger partial charge in [0.05, 0.1) is 17.5 Å². The van der Waals surface area contributed by atoms with Gasteiger partial charge in [0.15, 0.2) is 12.4 Å². The fraction of sp³-hybridized carbons (Fsp3) is 0.200. The monoisotopic (exact) mass is 401 g/mol. The number of sulfonamides is 1. The highest BCUT2D eigenvalue weighted by molar-refractivity contribution is 7.92. The molecule has 3 rings (SSSR count). The lowest BCUT2D eigenvalue weighted by molar-refractivity contribution is -0.138. The third kappa shape index (κ3) is 4.40. The molecule has 0 unspecified atom stereocenters. The van der Waals surface area contributed by atoms with Gasteiger partial charge < -0.3 is 9.47 Å². The number of carbonyl (C=O) groups is 2. The Kier molecular flexibility index (Phi) is 5.51. The molecule has 0 radical (unpaired) electrons. The van der Waals surface area contributed by atoms with E-state index in [1.807, 2.05) is 24.3 Å². The normalized spacial score (nSPS) is 13.0. The van der Waals surface area contributed by atoms with Crippen molar-refractivity contribution in [2.45, 2.75) is 0 Å². The van der Waals surface area contributed by atoms with E-state index in [0.717, 1.165) is 16.1 Å². The SMILES string of the molecule is CN(c1ccc(C(=O)COC(=O)C2=Cc3ccccc3OC2)cc1)S(C)(=O)=O. The number of esters is 1. The summed E-state index contributed by atoms with van der Waals surface area (Å²) < 4.78 is 34.8. The van der Waals surface area contributed by atoms with E-state index in [1.165, 1.54) is 31.3 Å². The van der Waals surface area contributed by atoms with Crippen molar-refractivity contribution < 1.29 is 27.5 Å². The summed E-state index contributed by atoms with van der Waals surface area (Å²) in [5.74, 6) is -0.315. The third-order valence-electron chi connectivity index (χ3n) is 4.28. The molecule has 0 aliphatic carbocycles. The zero-order valence-corrected chi connectivity index (χ0v) is 16.2. The zero-order chi connectivity index (χ0) is 20.3. The third-order valence-corrected chi connectivity index (χ3v) is 5.48. The number of carbonyl (C=O) groups excluding carboxylic acids is 2. The standard InChI is InChI=1S/C20H19NO6S/c1-21(28(2,24)25)17-9-7-14(8-10-17)18(22)13-27-20(23)16-11-15-5-3-4-6-19(15)26-12-16/h3-11H,12-13H2,1-2H3. The summed E-state index contributed by atoms with van der Waals surface area (Å²) in [5.41, 5.74) is 1.85. The first kappa shape index (κ1) is 19.6. The number of Topliss-reactive ketones (excluding diaryl/α,β-unsaturated/α-hetero) is 1. The molecule has 7 nitrogen and oxygen atoms in total. The number of benzene rings is 2. The summed E-state index contributed by atoms with van der Waals surface area (Å²) in [7, 11) is -1.96. The van der Waals surface area contributed by atoms with E-state index < -0.39 is 22.6 Å². The van der Waals surface area contributed by atoms with E-state index >= 15 is 0 Å². The molecule has 1 heterocycles. The minimum absolute atomic E-state index is 0.0799. The van der Waals surface area contributed by atoms with Crippen LogP contribution in [0.3, 0.4) is 0 Å². The van der Waals surface area contributed by atoms with Crippen molar-refractivity contribution in [2.75, 3.05) is 30.8 Å². The number of hydrogen-bond acceptors (Lipinski definition) is 6. The molecular formula is C20H19NO6S. The largest absolute Gasteiger partial charge is 0.488 e. The summed E-state index contributed by atoms with van der Waals surface area (Å²) in [4.78, 5) is 24.4. The van der Waals surface area contributed by atoms with Crippen LogP contribution in [0.2, 0.25) is 0 Å². The van der Waals surface area contributed by atoms with Crippen LogP contribution in [-0.2, 0) is 19.6 Å². The van der Waals surface area contributed by atoms with E-state index in [-0.39, 0.29) is 12.4 Å². The molecule has 28 heavy (non-hydrogen) atoms. The summed E-state index contributed by atoms with van der Waals surface area (Å²) in [5, 5.41) is 0. The number of ketones is 1. The highest BCUT2D eigenvalue weighted by atomic mass is 32.2. The maximum absolute atomic E-state index is 12.2. The first-order valence-corrected chi connectivity index (χ1v) is 10.3. The fourth-order valence-electron chi connectivity index (χ4n) is 2.59. The Morgan fingerprint density at radius 1 is 1.11 bits per heavy atom. The fourth-order valence-corrected chi connectivity index (χ4v) is 3.09. The van der Waals surface area contributed by atoms with Crippen LogP contribution in [0.1, 0.15) is 15.9 Å². The molecule has 0 aromatic heterocycles. The topological polar surface area (TPSA) is 90.0 Å². The lowest BCUT2D eigenvalue weighted by Gasteiger charge is -2.17. The number of para-hydroxylation sites is 1. The quantitative estimate of drug-likeness (QED) is 0.545. The summed E-state index contributed by atoms with van der Waals surface area (Å²) in [6, 6.07) is 13.3. The molecule has 0 N–H and O–H groups in total. The van der Waals surface area contributed by atoms with Crippen LogP contribution < -0.4 is 9.04 Å². The number of hydrogen-bond donors (Lipinski definition) is 0. The van der Waals surface area contributed by atoms with Gasteiger partial charge in [0.2, 0.25) is 10.0 Å². The lowest BCUT2D eigenvalue weighted by atomic mass is 10.1. The van der Waals surface area contributed by atoms with Crippen molar-refractivity contribution in [3.8, 4) is 5.75 Å². The molecule has 0 saturated carbocycles. The van der Waals surface area contributed by atoms with Gasteiger partial charge in [0.25, 0.3) is 0 Å². The zero-order valence-electron chi connectivity index (χ0n) is 15.4. The first-order valence-electron chi connectivity index (χ1n) is 8.42. The van der Waals surface area contributed by atoms with Crippen LogP contribution >= 0.6 is 0 Å². The molecule has 2 aromatic rings. The van der Waals surface area contributed by atoms with Crippen LogP contribution in [0.25, 0.3) is 6.08 Å². The Bertz CT molecular complexity index is 1040. The highest BCUT2D eigenvalue weighted by Gasteiger charge is 2.20. The van der Waals surface area contributed by atoms with Crippen LogP contribution in [0, 0.1) is 0 Å². The van der Waals surface area contributed by atoms with Gasteiger partial charge in [-0.2, -0.15) is 0 Å². The minimum Gasteiger partial charge on any atom is -0.488 e. The van der Waals surface area contributed by atoms with E-state index in [0.29, 0.717) is 22.6 Å². The Hall–Kier alpha value is -3.13. The molecule has 0 spiro atoms. The van der Waals surface area contributed by atoms with Gasteiger partial charge in [-0.15, -0.1) is 0 Å². The van der Waals surface area contributed by atoms with Crippen molar-refractivity contribution >= 4 is 33.5 Å². The van der Waals surface area contributed by atoms with E-state index in [4.69, 9.17) is 9.47 Å². The number of ether oxygens (including phenoxy) is 2. The maximum Gasteiger partial charge on any atom is 0.337 e. The van der Waals surface area contributed by atoms with Crippen molar-refractivity contribution in [3.05, 3.63) is 65.2 Å². The molecule has 1 aliphatic heterocycles. The van der Waals surface area contributed by atoms with Gasteiger partial charge in [-0.05, 0) is 36.4 Å². The molecule has 0 fully saturated rings. The van der Waals surface area contributed by atoms with Crippen molar-refractivity contribution in [3.63, 3.8) is 0 Å². The molecular weight excluding hydrogens is 382 g/mol. The molecule has 2 aromatic carbocycles. The second-order valence-corrected chi connectivity index (χ2v) is 8.29. The number of rotatable bonds is 6. The summed E-state index contributed by atoms with van der Waals surface area (Å²) >= 11 is 0. The second-order valence-electron chi connectivity index (χ2n) is 6.27. The van der Waals surface area contributed by atoms with Crippen molar-refractivity contribution in [2.24, 2.45) is 0 Å². The van der Waals surface area contributed by atoms with E-state index in [2.05, 4.69) is 0 Å². The average molecular weight is 401 g/mol. The van der Waals surface area contributed by atoms with Crippen molar-refractivity contribution in [1.29, 1.82) is 0 Å². The molecule has 1 aliphatic rings. The highest BCUT2D eigenvalue weighted by Crippen LogP contribution is 2.26. The number of nitrogens with zero attached hydrogens (tertiary/aromatic N) is 1. The Balaban J connectivity index is 1.61. The van der Waals surface area contributed by atoms with Gasteiger partial charge in [-0.25, -0.2) is 13.2 Å².